The largest absolute Gasteiger partial charge is 0.508 e. The molecule has 7 nitrogen and oxygen atoms in total. The van der Waals surface area contributed by atoms with Crippen molar-refractivity contribution in [1.82, 2.24) is 20.2 Å². The van der Waals surface area contributed by atoms with Gasteiger partial charge < -0.3 is 20.1 Å². The Bertz CT molecular complexity index is 1520. The van der Waals surface area contributed by atoms with Gasteiger partial charge in [-0.3, -0.25) is 4.90 Å². The van der Waals surface area contributed by atoms with Gasteiger partial charge in [0.15, 0.2) is 5.82 Å². The third kappa shape index (κ3) is 4.77. The SMILES string of the molecule is Oc1cc(Cl)c(C2CC2)c(-c2ccc3c(N4CC5CCC(C4)N5)nc(O[C@@H]4CC[C@@H](F)CN5CCC[C@H]45)nc3c2F)c1. The van der Waals surface area contributed by atoms with Gasteiger partial charge in [-0.2, -0.15) is 9.97 Å². The molecule has 8 rings (SSSR count). The molecule has 0 spiro atoms. The highest BCUT2D eigenvalue weighted by Crippen LogP contribution is 2.50. The molecule has 10 heteroatoms. The summed E-state index contributed by atoms with van der Waals surface area (Å²) in [6, 6.07) is 7.78. The Morgan fingerprint density at radius 2 is 1.76 bits per heavy atom. The summed E-state index contributed by atoms with van der Waals surface area (Å²) in [4.78, 5) is 14.1. The maximum Gasteiger partial charge on any atom is 0.319 e. The average molecular weight is 596 g/mol. The summed E-state index contributed by atoms with van der Waals surface area (Å²) < 4.78 is 37.8. The van der Waals surface area contributed by atoms with Crippen LogP contribution in [-0.2, 0) is 0 Å². The Kier molecular flexibility index (Phi) is 6.68. The van der Waals surface area contributed by atoms with Crippen molar-refractivity contribution in [2.24, 2.45) is 0 Å². The van der Waals surface area contributed by atoms with E-state index < -0.39 is 12.0 Å². The van der Waals surface area contributed by atoms with E-state index in [2.05, 4.69) is 15.1 Å². The molecule has 5 heterocycles. The average Bonchev–Trinajstić information content (AvgIpc) is 3.64. The van der Waals surface area contributed by atoms with Gasteiger partial charge >= 0.3 is 6.01 Å². The van der Waals surface area contributed by atoms with Crippen LogP contribution in [0.5, 0.6) is 11.8 Å². The molecule has 42 heavy (non-hydrogen) atoms. The molecule has 1 aliphatic carbocycles. The number of halogens is 3. The minimum atomic E-state index is -0.876. The summed E-state index contributed by atoms with van der Waals surface area (Å²) in [6.07, 6.45) is 6.03. The third-order valence-electron chi connectivity index (χ3n) is 9.97. The van der Waals surface area contributed by atoms with Gasteiger partial charge in [-0.15, -0.1) is 0 Å². The van der Waals surface area contributed by atoms with Gasteiger partial charge in [0.25, 0.3) is 0 Å². The van der Waals surface area contributed by atoms with E-state index in [0.717, 1.165) is 63.7 Å². The van der Waals surface area contributed by atoms with Crippen LogP contribution in [0.1, 0.15) is 62.8 Å². The van der Waals surface area contributed by atoms with E-state index in [-0.39, 0.29) is 35.3 Å². The lowest BCUT2D eigenvalue weighted by atomic mass is 9.94. The van der Waals surface area contributed by atoms with Crippen molar-refractivity contribution >= 4 is 28.3 Å². The van der Waals surface area contributed by atoms with Crippen molar-refractivity contribution in [1.29, 1.82) is 0 Å². The molecule has 2 aromatic carbocycles. The molecule has 4 aliphatic heterocycles. The van der Waals surface area contributed by atoms with Crippen molar-refractivity contribution in [2.75, 3.05) is 31.1 Å². The second-order valence-corrected chi connectivity index (χ2v) is 13.3. The number of hydrogen-bond donors (Lipinski definition) is 2. The van der Waals surface area contributed by atoms with Crippen LogP contribution < -0.4 is 15.0 Å². The molecular formula is C32H36ClF2N5O2. The van der Waals surface area contributed by atoms with E-state index >= 15 is 4.39 Å². The Morgan fingerprint density at radius 3 is 2.55 bits per heavy atom. The Morgan fingerprint density at radius 1 is 0.952 bits per heavy atom. The number of aromatic hydroxyl groups is 1. The molecule has 1 aromatic heterocycles. The molecule has 0 amide bonds. The molecule has 0 radical (unpaired) electrons. The standard InChI is InChI=1S/C32H36ClF2N5O2/c33-25-13-21(41)12-24(28(25)17-3-4-17)22-8-9-23-30(29(22)35)37-32(38-31(23)40-15-19-6-7-20(16-40)36-19)42-27-10-5-18(34)14-39-11-1-2-26(27)39/h8-9,12-13,17-20,26-27,36,41H,1-7,10-11,14-16H2/t18-,19?,20?,26-,27-/m1/s1. The van der Waals surface area contributed by atoms with Gasteiger partial charge in [0.1, 0.15) is 29.4 Å². The lowest BCUT2D eigenvalue weighted by Crippen LogP contribution is -2.51. The van der Waals surface area contributed by atoms with Gasteiger partial charge in [0.05, 0.1) is 0 Å². The molecular weight excluding hydrogens is 560 g/mol. The summed E-state index contributed by atoms with van der Waals surface area (Å²) in [7, 11) is 0. The van der Waals surface area contributed by atoms with Crippen LogP contribution in [-0.4, -0.2) is 76.6 Å². The molecule has 1 saturated carbocycles. The first-order valence-electron chi connectivity index (χ1n) is 15.5. The van der Waals surface area contributed by atoms with Crippen molar-refractivity contribution < 1.29 is 18.6 Å². The number of nitrogens with zero attached hydrogens (tertiary/aromatic N) is 4. The fraction of sp³-hybridized carbons (Fsp3) is 0.562. The first-order valence-corrected chi connectivity index (χ1v) is 15.9. The zero-order valence-corrected chi connectivity index (χ0v) is 24.3. The van der Waals surface area contributed by atoms with Gasteiger partial charge in [-0.25, -0.2) is 8.78 Å². The Labute approximate surface area is 249 Å². The molecule has 5 fully saturated rings. The summed E-state index contributed by atoms with van der Waals surface area (Å²) in [5.74, 6) is 0.455. The highest BCUT2D eigenvalue weighted by molar-refractivity contribution is 6.32. The summed E-state index contributed by atoms with van der Waals surface area (Å²) in [5, 5.41) is 15.2. The second kappa shape index (κ2) is 10.5. The number of hydrogen-bond acceptors (Lipinski definition) is 7. The number of nitrogens with one attached hydrogen (secondary N) is 1. The number of rotatable bonds is 5. The molecule has 3 aromatic rings. The summed E-state index contributed by atoms with van der Waals surface area (Å²) >= 11 is 6.58. The number of piperazine rings is 1. The van der Waals surface area contributed by atoms with Crippen LogP contribution in [0.2, 0.25) is 5.02 Å². The molecule has 5 atom stereocenters. The topological polar surface area (TPSA) is 73.8 Å². The molecule has 2 unspecified atom stereocenters. The van der Waals surface area contributed by atoms with E-state index in [1.165, 1.54) is 6.07 Å². The quantitative estimate of drug-likeness (QED) is 0.377. The van der Waals surface area contributed by atoms with E-state index in [1.54, 1.807) is 12.1 Å². The second-order valence-electron chi connectivity index (χ2n) is 12.9. The van der Waals surface area contributed by atoms with Crippen molar-refractivity contribution in [3.63, 3.8) is 0 Å². The fourth-order valence-corrected chi connectivity index (χ4v) is 8.23. The smallest absolute Gasteiger partial charge is 0.319 e. The molecule has 4 saturated heterocycles. The zero-order valence-electron chi connectivity index (χ0n) is 23.5. The van der Waals surface area contributed by atoms with E-state index in [0.29, 0.717) is 58.8 Å². The van der Waals surface area contributed by atoms with Crippen LogP contribution in [0.4, 0.5) is 14.6 Å². The van der Waals surface area contributed by atoms with Crippen molar-refractivity contribution in [3.8, 4) is 22.9 Å². The normalized spacial score (nSPS) is 29.6. The maximum absolute atomic E-state index is 16.7. The van der Waals surface area contributed by atoms with Crippen molar-refractivity contribution in [2.45, 2.75) is 87.7 Å². The first kappa shape index (κ1) is 26.8. The lowest BCUT2D eigenvalue weighted by Gasteiger charge is -2.34. The maximum atomic E-state index is 16.7. The lowest BCUT2D eigenvalue weighted by molar-refractivity contribution is 0.0910. The minimum Gasteiger partial charge on any atom is -0.508 e. The van der Waals surface area contributed by atoms with Gasteiger partial charge in [-0.05, 0) is 93.2 Å². The highest BCUT2D eigenvalue weighted by Gasteiger charge is 2.39. The van der Waals surface area contributed by atoms with Crippen LogP contribution in [0, 0.1) is 5.82 Å². The molecule has 2 bridgehead atoms. The van der Waals surface area contributed by atoms with E-state index in [9.17, 15) is 9.50 Å². The zero-order chi connectivity index (χ0) is 28.5. The first-order chi connectivity index (χ1) is 20.4. The Hall–Kier alpha value is -2.75. The number of ether oxygens (including phenoxy) is 1. The number of alkyl halides is 1. The van der Waals surface area contributed by atoms with Gasteiger partial charge in [0.2, 0.25) is 0 Å². The number of phenolic OH excluding ortho intramolecular Hbond substituents is 1. The Balaban J connectivity index is 1.25. The van der Waals surface area contributed by atoms with Crippen LogP contribution in [0.25, 0.3) is 22.0 Å². The number of anilines is 1. The third-order valence-corrected chi connectivity index (χ3v) is 10.3. The van der Waals surface area contributed by atoms with Gasteiger partial charge in [0, 0.05) is 53.7 Å². The molecule has 2 N–H and O–H groups in total. The minimum absolute atomic E-state index is 0.00300. The summed E-state index contributed by atoms with van der Waals surface area (Å²) in [5.41, 5.74) is 2.02. The van der Waals surface area contributed by atoms with Crippen LogP contribution in [0.3, 0.4) is 0 Å². The predicted molar refractivity (Wildman–Crippen MR) is 159 cm³/mol. The van der Waals surface area contributed by atoms with Crippen LogP contribution >= 0.6 is 11.6 Å². The highest BCUT2D eigenvalue weighted by atomic mass is 35.5. The monoisotopic (exact) mass is 595 g/mol. The molecule has 5 aliphatic rings. The fourth-order valence-electron chi connectivity index (χ4n) is 7.87. The summed E-state index contributed by atoms with van der Waals surface area (Å²) in [6.45, 7) is 2.86. The van der Waals surface area contributed by atoms with E-state index in [1.807, 2.05) is 6.07 Å². The predicted octanol–water partition coefficient (Wildman–Crippen LogP) is 5.96. The number of aromatic nitrogens is 2. The number of phenols is 1. The van der Waals surface area contributed by atoms with Crippen LogP contribution in [0.15, 0.2) is 24.3 Å². The molecule has 222 valence electrons. The van der Waals surface area contributed by atoms with Crippen molar-refractivity contribution in [3.05, 3.63) is 40.7 Å². The van der Waals surface area contributed by atoms with Gasteiger partial charge in [-0.1, -0.05) is 17.7 Å². The van der Waals surface area contributed by atoms with E-state index in [4.69, 9.17) is 26.3 Å². The number of fused-ring (bicyclic) bond motifs is 4. The number of benzene rings is 2.